The topological polar surface area (TPSA) is 64.3 Å². The summed E-state index contributed by atoms with van der Waals surface area (Å²) in [5.41, 5.74) is 7.95. The molecule has 2 rings (SSSR count). The summed E-state index contributed by atoms with van der Waals surface area (Å²) in [6.07, 6.45) is 2.36. The van der Waals surface area contributed by atoms with Crippen molar-refractivity contribution in [2.75, 3.05) is 17.7 Å². The standard InChI is InChI=1S/C14H20N2O2/c1-3-18-14(17)10-4-5-13(12(15)8-10)16-11-6-9(2)7-11/h4-5,8-9,11,16H,3,6-7,15H2,1-2H3. The van der Waals surface area contributed by atoms with Crippen LogP contribution in [-0.2, 0) is 4.74 Å². The Kier molecular flexibility index (Phi) is 3.75. The number of nitrogen functional groups attached to an aromatic ring is 1. The minimum Gasteiger partial charge on any atom is -0.462 e. The second-order valence-corrected chi connectivity index (χ2v) is 4.94. The van der Waals surface area contributed by atoms with Gasteiger partial charge in [-0.2, -0.15) is 0 Å². The van der Waals surface area contributed by atoms with Gasteiger partial charge < -0.3 is 15.8 Å². The first-order valence-corrected chi connectivity index (χ1v) is 6.43. The fourth-order valence-electron chi connectivity index (χ4n) is 2.28. The lowest BCUT2D eigenvalue weighted by Crippen LogP contribution is -2.34. The number of nitrogens with two attached hydrogens (primary N) is 1. The van der Waals surface area contributed by atoms with E-state index in [-0.39, 0.29) is 5.97 Å². The first kappa shape index (κ1) is 12.7. The van der Waals surface area contributed by atoms with E-state index in [4.69, 9.17) is 10.5 Å². The van der Waals surface area contributed by atoms with E-state index < -0.39 is 0 Å². The normalized spacial score (nSPS) is 22.1. The average molecular weight is 248 g/mol. The molecule has 0 heterocycles. The van der Waals surface area contributed by atoms with Crippen LogP contribution in [0.2, 0.25) is 0 Å². The van der Waals surface area contributed by atoms with Gasteiger partial charge in [-0.3, -0.25) is 0 Å². The highest BCUT2D eigenvalue weighted by Gasteiger charge is 2.25. The summed E-state index contributed by atoms with van der Waals surface area (Å²) in [5, 5.41) is 3.40. The van der Waals surface area contributed by atoms with Gasteiger partial charge in [-0.05, 0) is 43.9 Å². The molecule has 98 valence electrons. The monoisotopic (exact) mass is 248 g/mol. The molecule has 1 fully saturated rings. The summed E-state index contributed by atoms with van der Waals surface area (Å²) in [5.74, 6) is 0.468. The molecule has 1 saturated carbocycles. The van der Waals surface area contributed by atoms with Crippen molar-refractivity contribution in [1.29, 1.82) is 0 Å². The Balaban J connectivity index is 2.03. The Bertz CT molecular complexity index is 439. The van der Waals surface area contributed by atoms with Crippen molar-refractivity contribution in [1.82, 2.24) is 0 Å². The lowest BCUT2D eigenvalue weighted by molar-refractivity contribution is 0.0526. The van der Waals surface area contributed by atoms with Crippen LogP contribution in [0.3, 0.4) is 0 Å². The number of hydrogen-bond donors (Lipinski definition) is 2. The summed E-state index contributed by atoms with van der Waals surface area (Å²) >= 11 is 0. The maximum Gasteiger partial charge on any atom is 0.338 e. The van der Waals surface area contributed by atoms with Crippen molar-refractivity contribution in [2.45, 2.75) is 32.7 Å². The third kappa shape index (κ3) is 2.75. The van der Waals surface area contributed by atoms with Crippen LogP contribution in [-0.4, -0.2) is 18.6 Å². The molecule has 1 aromatic rings. The molecule has 0 saturated heterocycles. The van der Waals surface area contributed by atoms with Crippen LogP contribution in [0.25, 0.3) is 0 Å². The molecular weight excluding hydrogens is 228 g/mol. The van der Waals surface area contributed by atoms with E-state index >= 15 is 0 Å². The minimum atomic E-state index is -0.326. The Hall–Kier alpha value is -1.71. The van der Waals surface area contributed by atoms with E-state index in [0.717, 1.165) is 11.6 Å². The van der Waals surface area contributed by atoms with Crippen molar-refractivity contribution in [3.8, 4) is 0 Å². The summed E-state index contributed by atoms with van der Waals surface area (Å²) in [4.78, 5) is 11.5. The van der Waals surface area contributed by atoms with Crippen LogP contribution in [0.5, 0.6) is 0 Å². The van der Waals surface area contributed by atoms with Gasteiger partial charge in [-0.1, -0.05) is 6.92 Å². The van der Waals surface area contributed by atoms with Crippen LogP contribution in [0.1, 0.15) is 37.0 Å². The molecule has 1 aliphatic rings. The highest BCUT2D eigenvalue weighted by molar-refractivity contribution is 5.91. The quantitative estimate of drug-likeness (QED) is 0.635. The van der Waals surface area contributed by atoms with Crippen molar-refractivity contribution < 1.29 is 9.53 Å². The number of esters is 1. The SMILES string of the molecule is CCOC(=O)c1ccc(NC2CC(C)C2)c(N)c1. The van der Waals surface area contributed by atoms with Gasteiger partial charge in [0, 0.05) is 6.04 Å². The second kappa shape index (κ2) is 5.29. The zero-order chi connectivity index (χ0) is 13.1. The zero-order valence-electron chi connectivity index (χ0n) is 10.9. The van der Waals surface area contributed by atoms with Crippen molar-refractivity contribution in [3.63, 3.8) is 0 Å². The summed E-state index contributed by atoms with van der Waals surface area (Å²) in [6, 6.07) is 5.78. The van der Waals surface area contributed by atoms with E-state index in [9.17, 15) is 4.79 Å². The molecule has 0 bridgehead atoms. The van der Waals surface area contributed by atoms with Gasteiger partial charge in [0.2, 0.25) is 0 Å². The molecule has 1 aromatic carbocycles. The van der Waals surface area contributed by atoms with Crippen LogP contribution in [0, 0.1) is 5.92 Å². The smallest absolute Gasteiger partial charge is 0.338 e. The van der Waals surface area contributed by atoms with Crippen LogP contribution >= 0.6 is 0 Å². The molecule has 0 atom stereocenters. The number of benzene rings is 1. The van der Waals surface area contributed by atoms with Gasteiger partial charge in [0.25, 0.3) is 0 Å². The minimum absolute atomic E-state index is 0.326. The molecule has 0 unspecified atom stereocenters. The lowest BCUT2D eigenvalue weighted by Gasteiger charge is -2.34. The molecule has 0 aromatic heterocycles. The molecule has 0 aliphatic heterocycles. The van der Waals surface area contributed by atoms with Gasteiger partial charge >= 0.3 is 5.97 Å². The third-order valence-corrected chi connectivity index (χ3v) is 3.30. The Morgan fingerprint density at radius 2 is 2.22 bits per heavy atom. The number of carbonyl (C=O) groups excluding carboxylic acids is 1. The molecule has 18 heavy (non-hydrogen) atoms. The first-order chi connectivity index (χ1) is 8.60. The highest BCUT2D eigenvalue weighted by atomic mass is 16.5. The molecule has 4 heteroatoms. The van der Waals surface area contributed by atoms with E-state index in [2.05, 4.69) is 12.2 Å². The predicted molar refractivity (Wildman–Crippen MR) is 72.6 cm³/mol. The summed E-state index contributed by atoms with van der Waals surface area (Å²) in [7, 11) is 0. The maximum absolute atomic E-state index is 11.5. The Labute approximate surface area is 108 Å². The lowest BCUT2D eigenvalue weighted by atomic mass is 9.82. The van der Waals surface area contributed by atoms with Crippen molar-refractivity contribution >= 4 is 17.3 Å². The second-order valence-electron chi connectivity index (χ2n) is 4.94. The van der Waals surface area contributed by atoms with Gasteiger partial charge in [0.05, 0.1) is 23.5 Å². The molecule has 3 N–H and O–H groups in total. The number of nitrogens with one attached hydrogen (secondary N) is 1. The fraction of sp³-hybridized carbons (Fsp3) is 0.500. The Morgan fingerprint density at radius 1 is 1.50 bits per heavy atom. The summed E-state index contributed by atoms with van der Waals surface area (Å²) in [6.45, 7) is 4.40. The van der Waals surface area contributed by atoms with Crippen LogP contribution < -0.4 is 11.1 Å². The van der Waals surface area contributed by atoms with Crippen molar-refractivity contribution in [2.24, 2.45) is 5.92 Å². The van der Waals surface area contributed by atoms with Crippen molar-refractivity contribution in [3.05, 3.63) is 23.8 Å². The fourth-order valence-corrected chi connectivity index (χ4v) is 2.28. The molecule has 1 aliphatic carbocycles. The van der Waals surface area contributed by atoms with Gasteiger partial charge in [-0.25, -0.2) is 4.79 Å². The van der Waals surface area contributed by atoms with E-state index in [0.29, 0.717) is 23.9 Å². The molecule has 4 nitrogen and oxygen atoms in total. The Morgan fingerprint density at radius 3 is 2.78 bits per heavy atom. The van der Waals surface area contributed by atoms with Crippen LogP contribution in [0.4, 0.5) is 11.4 Å². The average Bonchev–Trinajstić information content (AvgIpc) is 2.29. The van der Waals surface area contributed by atoms with Gasteiger partial charge in [-0.15, -0.1) is 0 Å². The number of carbonyl (C=O) groups is 1. The highest BCUT2D eigenvalue weighted by Crippen LogP contribution is 2.31. The number of ether oxygens (including phenoxy) is 1. The largest absolute Gasteiger partial charge is 0.462 e. The molecular formula is C14H20N2O2. The maximum atomic E-state index is 11.5. The third-order valence-electron chi connectivity index (χ3n) is 3.30. The molecule has 0 spiro atoms. The van der Waals surface area contributed by atoms with E-state index in [1.807, 2.05) is 6.07 Å². The molecule has 0 amide bonds. The van der Waals surface area contributed by atoms with Gasteiger partial charge in [0.15, 0.2) is 0 Å². The van der Waals surface area contributed by atoms with E-state index in [1.165, 1.54) is 12.8 Å². The van der Waals surface area contributed by atoms with E-state index in [1.54, 1.807) is 19.1 Å². The predicted octanol–water partition coefficient (Wildman–Crippen LogP) is 2.66. The van der Waals surface area contributed by atoms with Gasteiger partial charge in [0.1, 0.15) is 0 Å². The zero-order valence-corrected chi connectivity index (χ0v) is 10.9. The number of rotatable bonds is 4. The number of anilines is 2. The number of hydrogen-bond acceptors (Lipinski definition) is 4. The first-order valence-electron chi connectivity index (χ1n) is 6.43. The summed E-state index contributed by atoms with van der Waals surface area (Å²) < 4.78 is 4.94. The molecule has 0 radical (unpaired) electrons. The van der Waals surface area contributed by atoms with Crippen LogP contribution in [0.15, 0.2) is 18.2 Å².